The molecule has 0 radical (unpaired) electrons. The highest BCUT2D eigenvalue weighted by Gasteiger charge is 2.15. The monoisotopic (exact) mass is 363 g/mol. The SMILES string of the molecule is CN1CCN(c2ccc(NC(=O)c3ccccc3-n3cnnn3)cc2)CC1. The predicted molar refractivity (Wildman–Crippen MR) is 103 cm³/mol. The van der Waals surface area contributed by atoms with Crippen LogP contribution in [0.2, 0.25) is 0 Å². The van der Waals surface area contributed by atoms with Crippen LogP contribution in [0, 0.1) is 0 Å². The highest BCUT2D eigenvalue weighted by Crippen LogP contribution is 2.21. The number of rotatable bonds is 4. The maximum Gasteiger partial charge on any atom is 0.257 e. The van der Waals surface area contributed by atoms with Crippen LogP contribution < -0.4 is 10.2 Å². The van der Waals surface area contributed by atoms with Gasteiger partial charge in [-0.1, -0.05) is 12.1 Å². The van der Waals surface area contributed by atoms with E-state index in [4.69, 9.17) is 0 Å². The summed E-state index contributed by atoms with van der Waals surface area (Å²) in [4.78, 5) is 17.4. The number of carbonyl (C=O) groups excluding carboxylic acids is 1. The van der Waals surface area contributed by atoms with Gasteiger partial charge in [0.25, 0.3) is 5.91 Å². The Labute approximate surface area is 157 Å². The molecular weight excluding hydrogens is 342 g/mol. The van der Waals surface area contributed by atoms with Crippen molar-refractivity contribution in [3.63, 3.8) is 0 Å². The van der Waals surface area contributed by atoms with Gasteiger partial charge in [-0.25, -0.2) is 0 Å². The minimum absolute atomic E-state index is 0.201. The lowest BCUT2D eigenvalue weighted by Crippen LogP contribution is -2.44. The van der Waals surface area contributed by atoms with Crippen molar-refractivity contribution in [3.05, 3.63) is 60.4 Å². The molecule has 27 heavy (non-hydrogen) atoms. The van der Waals surface area contributed by atoms with Gasteiger partial charge in [-0.3, -0.25) is 4.79 Å². The van der Waals surface area contributed by atoms with Gasteiger partial charge in [0.2, 0.25) is 0 Å². The number of likely N-dealkylation sites (N-methyl/N-ethyl adjacent to an activating group) is 1. The number of tetrazole rings is 1. The van der Waals surface area contributed by atoms with E-state index in [1.54, 1.807) is 6.07 Å². The van der Waals surface area contributed by atoms with Crippen LogP contribution in [0.1, 0.15) is 10.4 Å². The lowest BCUT2D eigenvalue weighted by atomic mass is 10.1. The normalized spacial score (nSPS) is 14.9. The Hall–Kier alpha value is -3.26. The van der Waals surface area contributed by atoms with Gasteiger partial charge in [-0.2, -0.15) is 4.68 Å². The molecule has 1 N–H and O–H groups in total. The fourth-order valence-corrected chi connectivity index (χ4v) is 3.16. The second-order valence-electron chi connectivity index (χ2n) is 6.56. The van der Waals surface area contributed by atoms with Crippen molar-refractivity contribution in [2.45, 2.75) is 0 Å². The van der Waals surface area contributed by atoms with Gasteiger partial charge >= 0.3 is 0 Å². The van der Waals surface area contributed by atoms with E-state index in [1.165, 1.54) is 16.7 Å². The standard InChI is InChI=1S/C19H21N7O/c1-24-10-12-25(13-11-24)16-8-6-15(7-9-16)21-19(27)17-4-2-3-5-18(17)26-14-20-22-23-26/h2-9,14H,10-13H2,1H3,(H,21,27). The lowest BCUT2D eigenvalue weighted by molar-refractivity contribution is 0.102. The number of benzene rings is 2. The van der Waals surface area contributed by atoms with Gasteiger partial charge in [0.15, 0.2) is 0 Å². The van der Waals surface area contributed by atoms with E-state index in [0.717, 1.165) is 31.9 Å². The largest absolute Gasteiger partial charge is 0.369 e. The fraction of sp³-hybridized carbons (Fsp3) is 0.263. The minimum atomic E-state index is -0.201. The van der Waals surface area contributed by atoms with Crippen molar-refractivity contribution in [2.24, 2.45) is 0 Å². The van der Waals surface area contributed by atoms with Crippen LogP contribution in [-0.2, 0) is 0 Å². The van der Waals surface area contributed by atoms with Crippen LogP contribution in [0.15, 0.2) is 54.9 Å². The van der Waals surface area contributed by atoms with E-state index < -0.39 is 0 Å². The number of nitrogens with one attached hydrogen (secondary N) is 1. The molecule has 8 nitrogen and oxygen atoms in total. The predicted octanol–water partition coefficient (Wildman–Crippen LogP) is 1.67. The molecule has 3 aromatic rings. The number of hydrogen-bond acceptors (Lipinski definition) is 6. The molecule has 8 heteroatoms. The highest BCUT2D eigenvalue weighted by molar-refractivity contribution is 6.06. The summed E-state index contributed by atoms with van der Waals surface area (Å²) in [6.07, 6.45) is 1.47. The van der Waals surface area contributed by atoms with Crippen LogP contribution in [0.25, 0.3) is 5.69 Å². The molecule has 2 heterocycles. The van der Waals surface area contributed by atoms with Crippen LogP contribution in [0.3, 0.4) is 0 Å². The Kier molecular flexibility index (Phi) is 4.80. The average molecular weight is 363 g/mol. The van der Waals surface area contributed by atoms with E-state index in [-0.39, 0.29) is 5.91 Å². The maximum absolute atomic E-state index is 12.7. The number of hydrogen-bond donors (Lipinski definition) is 1. The molecule has 4 rings (SSSR count). The van der Waals surface area contributed by atoms with Gasteiger partial charge in [-0.05, 0) is 53.9 Å². The Bertz CT molecular complexity index is 900. The van der Waals surface area contributed by atoms with E-state index in [2.05, 4.69) is 37.7 Å². The molecule has 0 unspecified atom stereocenters. The summed E-state index contributed by atoms with van der Waals surface area (Å²) in [6.45, 7) is 4.15. The molecular formula is C19H21N7O. The number of amides is 1. The third-order valence-corrected chi connectivity index (χ3v) is 4.74. The van der Waals surface area contributed by atoms with E-state index in [1.807, 2.05) is 42.5 Å². The average Bonchev–Trinajstić information content (AvgIpc) is 3.24. The van der Waals surface area contributed by atoms with Crippen molar-refractivity contribution < 1.29 is 4.79 Å². The van der Waals surface area contributed by atoms with Crippen LogP contribution in [-0.4, -0.2) is 64.2 Å². The summed E-state index contributed by atoms with van der Waals surface area (Å²) >= 11 is 0. The van der Waals surface area contributed by atoms with Gasteiger partial charge in [0, 0.05) is 37.6 Å². The first-order valence-electron chi connectivity index (χ1n) is 8.88. The first-order chi connectivity index (χ1) is 13.2. The summed E-state index contributed by atoms with van der Waals surface area (Å²) in [5, 5.41) is 14.1. The summed E-state index contributed by atoms with van der Waals surface area (Å²) in [5.74, 6) is -0.201. The molecule has 0 atom stereocenters. The third-order valence-electron chi connectivity index (χ3n) is 4.74. The van der Waals surface area contributed by atoms with Gasteiger partial charge in [0.05, 0.1) is 11.3 Å². The molecule has 1 fully saturated rings. The Morgan fingerprint density at radius 1 is 1.00 bits per heavy atom. The molecule has 0 bridgehead atoms. The number of anilines is 2. The fourth-order valence-electron chi connectivity index (χ4n) is 3.16. The molecule has 138 valence electrons. The van der Waals surface area contributed by atoms with Crippen LogP contribution >= 0.6 is 0 Å². The highest BCUT2D eigenvalue weighted by atomic mass is 16.1. The Morgan fingerprint density at radius 3 is 2.44 bits per heavy atom. The minimum Gasteiger partial charge on any atom is -0.369 e. The second kappa shape index (κ2) is 7.55. The van der Waals surface area contributed by atoms with Gasteiger partial charge in [0.1, 0.15) is 6.33 Å². The van der Waals surface area contributed by atoms with Crippen molar-refractivity contribution >= 4 is 17.3 Å². The second-order valence-corrected chi connectivity index (χ2v) is 6.56. The maximum atomic E-state index is 12.7. The molecule has 0 aliphatic carbocycles. The van der Waals surface area contributed by atoms with Crippen molar-refractivity contribution in [2.75, 3.05) is 43.4 Å². The van der Waals surface area contributed by atoms with Gasteiger partial charge in [-0.15, -0.1) is 5.10 Å². The lowest BCUT2D eigenvalue weighted by Gasteiger charge is -2.34. The number of piperazine rings is 1. The van der Waals surface area contributed by atoms with Crippen LogP contribution in [0.5, 0.6) is 0 Å². The number of para-hydroxylation sites is 1. The van der Waals surface area contributed by atoms with E-state index in [9.17, 15) is 4.79 Å². The molecule has 1 aliphatic rings. The summed E-state index contributed by atoms with van der Waals surface area (Å²) in [6, 6.07) is 15.2. The zero-order valence-corrected chi connectivity index (χ0v) is 15.1. The molecule has 0 spiro atoms. The Balaban J connectivity index is 1.48. The van der Waals surface area contributed by atoms with Crippen molar-refractivity contribution in [3.8, 4) is 5.69 Å². The molecule has 1 saturated heterocycles. The van der Waals surface area contributed by atoms with Crippen molar-refractivity contribution in [1.29, 1.82) is 0 Å². The van der Waals surface area contributed by atoms with E-state index in [0.29, 0.717) is 11.3 Å². The number of nitrogens with zero attached hydrogens (tertiary/aromatic N) is 6. The molecule has 1 amide bonds. The number of aromatic nitrogens is 4. The summed E-state index contributed by atoms with van der Waals surface area (Å²) in [5.41, 5.74) is 3.07. The summed E-state index contributed by atoms with van der Waals surface area (Å²) in [7, 11) is 2.14. The third kappa shape index (κ3) is 3.80. The molecule has 1 aliphatic heterocycles. The smallest absolute Gasteiger partial charge is 0.257 e. The van der Waals surface area contributed by atoms with Crippen LogP contribution in [0.4, 0.5) is 11.4 Å². The zero-order chi connectivity index (χ0) is 18.6. The van der Waals surface area contributed by atoms with Gasteiger partial charge < -0.3 is 15.1 Å². The Morgan fingerprint density at radius 2 is 1.74 bits per heavy atom. The molecule has 0 saturated carbocycles. The first kappa shape index (κ1) is 17.2. The number of carbonyl (C=O) groups is 1. The van der Waals surface area contributed by atoms with Crippen molar-refractivity contribution in [1.82, 2.24) is 25.1 Å². The zero-order valence-electron chi connectivity index (χ0n) is 15.1. The summed E-state index contributed by atoms with van der Waals surface area (Å²) < 4.78 is 1.48. The van der Waals surface area contributed by atoms with E-state index >= 15 is 0 Å². The molecule has 2 aromatic carbocycles. The first-order valence-corrected chi connectivity index (χ1v) is 8.88. The topological polar surface area (TPSA) is 79.2 Å². The molecule has 1 aromatic heterocycles. The quantitative estimate of drug-likeness (QED) is 0.760.